The van der Waals surface area contributed by atoms with Crippen LogP contribution in [0.5, 0.6) is 0 Å². The Kier molecular flexibility index (Phi) is 1.95. The lowest BCUT2D eigenvalue weighted by Crippen LogP contribution is -2.52. The number of imide groups is 1. The molecule has 0 atom stereocenters. The number of likely N-dealkylation sites (tertiary alicyclic amines) is 1. The largest absolute Gasteiger partial charge is 0.477 e. The maximum absolute atomic E-state index is 10.9. The summed E-state index contributed by atoms with van der Waals surface area (Å²) in [5.41, 5.74) is 0. The molecule has 6 nitrogen and oxygen atoms in total. The van der Waals surface area contributed by atoms with Crippen LogP contribution in [0.2, 0.25) is 0 Å². The van der Waals surface area contributed by atoms with E-state index in [9.17, 15) is 19.6 Å². The van der Waals surface area contributed by atoms with Crippen LogP contribution in [0.15, 0.2) is 0 Å². The summed E-state index contributed by atoms with van der Waals surface area (Å²) in [5, 5.41) is 17.6. The Morgan fingerprint density at radius 1 is 1.33 bits per heavy atom. The molecule has 12 heavy (non-hydrogen) atoms. The summed E-state index contributed by atoms with van der Waals surface area (Å²) < 4.78 is -1.57. The van der Waals surface area contributed by atoms with E-state index >= 15 is 0 Å². The van der Waals surface area contributed by atoms with Crippen LogP contribution in [0.25, 0.3) is 0 Å². The third kappa shape index (κ3) is 1.21. The number of quaternary nitrogens is 1. The average molecular weight is 174 g/mol. The van der Waals surface area contributed by atoms with Gasteiger partial charge in [0.15, 0.2) is 0 Å². The number of carboxylic acids is 1. The molecular weight excluding hydrogens is 166 g/mol. The maximum Gasteiger partial charge on any atom is 0.363 e. The van der Waals surface area contributed by atoms with Gasteiger partial charge in [0.2, 0.25) is 6.54 Å². The first kappa shape index (κ1) is 8.82. The van der Waals surface area contributed by atoms with Gasteiger partial charge >= 0.3 is 17.8 Å². The van der Waals surface area contributed by atoms with E-state index in [0.29, 0.717) is 0 Å². The molecule has 66 valence electrons. The fourth-order valence-electron chi connectivity index (χ4n) is 1.09. The summed E-state index contributed by atoms with van der Waals surface area (Å²) in [7, 11) is 0. The van der Waals surface area contributed by atoms with E-state index in [1.807, 2.05) is 0 Å². The van der Waals surface area contributed by atoms with Crippen LogP contribution in [0, 0.1) is 0 Å². The molecule has 2 amide bonds. The number of amides is 2. The number of hydroxylamine groups is 3. The summed E-state index contributed by atoms with van der Waals surface area (Å²) in [6.07, 6.45) is -0.161. The van der Waals surface area contributed by atoms with Gasteiger partial charge in [-0.15, -0.1) is 0 Å². The van der Waals surface area contributed by atoms with Crippen LogP contribution < -0.4 is 0 Å². The first-order chi connectivity index (χ1) is 5.47. The standard InChI is InChI=1S/C6H7NO5/c8-4-1-2-5(9)7(4,12)3-6(10)11/h12H,1-3H2/p+1. The van der Waals surface area contributed by atoms with E-state index in [2.05, 4.69) is 0 Å². The number of hydrogen-bond acceptors (Lipinski definition) is 4. The molecule has 1 saturated heterocycles. The van der Waals surface area contributed by atoms with Crippen molar-refractivity contribution in [2.75, 3.05) is 6.54 Å². The molecule has 0 spiro atoms. The maximum atomic E-state index is 10.9. The summed E-state index contributed by atoms with van der Waals surface area (Å²) >= 11 is 0. The molecular formula is C6H8NO5+. The molecule has 0 radical (unpaired) electrons. The van der Waals surface area contributed by atoms with Crippen molar-refractivity contribution in [1.29, 1.82) is 0 Å². The first-order valence-electron chi connectivity index (χ1n) is 3.36. The third-order valence-electron chi connectivity index (χ3n) is 1.74. The van der Waals surface area contributed by atoms with Crippen molar-refractivity contribution in [2.45, 2.75) is 12.8 Å². The van der Waals surface area contributed by atoms with Crippen LogP contribution in [0.1, 0.15) is 12.8 Å². The second-order valence-electron chi connectivity index (χ2n) is 2.61. The highest BCUT2D eigenvalue weighted by molar-refractivity contribution is 5.92. The van der Waals surface area contributed by atoms with Gasteiger partial charge in [0.25, 0.3) is 0 Å². The normalized spacial score (nSPS) is 21.4. The van der Waals surface area contributed by atoms with E-state index in [-0.39, 0.29) is 12.8 Å². The summed E-state index contributed by atoms with van der Waals surface area (Å²) in [6, 6.07) is 0. The number of hydrogen-bond donors (Lipinski definition) is 2. The quantitative estimate of drug-likeness (QED) is 0.322. The Balaban J connectivity index is 2.87. The Hall–Kier alpha value is -1.27. The highest BCUT2D eigenvalue weighted by Crippen LogP contribution is 2.18. The number of carbonyl (C=O) groups is 3. The van der Waals surface area contributed by atoms with Gasteiger partial charge in [-0.25, -0.2) is 19.6 Å². The zero-order valence-corrected chi connectivity index (χ0v) is 6.19. The van der Waals surface area contributed by atoms with Crippen LogP contribution >= 0.6 is 0 Å². The molecule has 0 aromatic rings. The monoisotopic (exact) mass is 174 g/mol. The SMILES string of the molecule is O=C(O)C[N+]1(O)C(=O)CCC1=O. The number of rotatable bonds is 2. The lowest BCUT2D eigenvalue weighted by atomic mass is 10.4. The first-order valence-corrected chi connectivity index (χ1v) is 3.36. The number of nitrogens with zero attached hydrogens (tertiary/aromatic N) is 1. The van der Waals surface area contributed by atoms with Gasteiger partial charge in [-0.1, -0.05) is 0 Å². The summed E-state index contributed by atoms with van der Waals surface area (Å²) in [4.78, 5) is 31.9. The molecule has 1 rings (SSSR count). The molecule has 0 bridgehead atoms. The molecule has 2 N–H and O–H groups in total. The molecule has 0 aromatic carbocycles. The number of carboxylic acid groups (broad SMARTS) is 1. The van der Waals surface area contributed by atoms with E-state index in [1.54, 1.807) is 0 Å². The van der Waals surface area contributed by atoms with E-state index in [0.717, 1.165) is 0 Å². The summed E-state index contributed by atoms with van der Waals surface area (Å²) in [5.74, 6) is -2.87. The topological polar surface area (TPSA) is 91.7 Å². The van der Waals surface area contributed by atoms with E-state index in [1.165, 1.54) is 0 Å². The van der Waals surface area contributed by atoms with Crippen molar-refractivity contribution in [2.24, 2.45) is 0 Å². The molecule has 0 unspecified atom stereocenters. The van der Waals surface area contributed by atoms with Gasteiger partial charge in [-0.3, -0.25) is 0 Å². The summed E-state index contributed by atoms with van der Waals surface area (Å²) in [6.45, 7) is -0.877. The van der Waals surface area contributed by atoms with Gasteiger partial charge in [0, 0.05) is 0 Å². The molecule has 1 aliphatic heterocycles. The van der Waals surface area contributed by atoms with E-state index < -0.39 is 29.0 Å². The fraction of sp³-hybridized carbons (Fsp3) is 0.500. The Bertz CT molecular complexity index is 243. The molecule has 0 aliphatic carbocycles. The van der Waals surface area contributed by atoms with Crippen LogP contribution in [0.3, 0.4) is 0 Å². The lowest BCUT2D eigenvalue weighted by molar-refractivity contribution is -0.965. The predicted molar refractivity (Wildman–Crippen MR) is 33.8 cm³/mol. The van der Waals surface area contributed by atoms with Gasteiger partial charge in [0.1, 0.15) is 0 Å². The van der Waals surface area contributed by atoms with Gasteiger partial charge < -0.3 is 5.11 Å². The Labute approximate surface area is 67.6 Å². The van der Waals surface area contributed by atoms with Crippen molar-refractivity contribution in [3.05, 3.63) is 0 Å². The van der Waals surface area contributed by atoms with Crippen molar-refractivity contribution in [3.63, 3.8) is 0 Å². The van der Waals surface area contributed by atoms with Gasteiger partial charge in [-0.05, 0) is 4.65 Å². The molecule has 1 aliphatic rings. The van der Waals surface area contributed by atoms with Gasteiger partial charge in [0.05, 0.1) is 12.8 Å². The highest BCUT2D eigenvalue weighted by Gasteiger charge is 2.51. The third-order valence-corrected chi connectivity index (χ3v) is 1.74. The fourth-order valence-corrected chi connectivity index (χ4v) is 1.09. The Morgan fingerprint density at radius 2 is 1.75 bits per heavy atom. The van der Waals surface area contributed by atoms with E-state index in [4.69, 9.17) is 5.11 Å². The van der Waals surface area contributed by atoms with Crippen molar-refractivity contribution in [1.82, 2.24) is 0 Å². The predicted octanol–water partition coefficient (Wildman–Crippen LogP) is -0.876. The second kappa shape index (κ2) is 2.65. The van der Waals surface area contributed by atoms with Crippen LogP contribution in [-0.4, -0.2) is 39.3 Å². The van der Waals surface area contributed by atoms with Crippen molar-refractivity contribution < 1.29 is 29.3 Å². The molecule has 0 saturated carbocycles. The molecule has 6 heteroatoms. The number of aliphatic carboxylic acids is 1. The lowest BCUT2D eigenvalue weighted by Gasteiger charge is -2.15. The number of carbonyl (C=O) groups excluding carboxylic acids is 2. The molecule has 1 heterocycles. The average Bonchev–Trinajstić information content (AvgIpc) is 2.16. The van der Waals surface area contributed by atoms with Gasteiger partial charge in [-0.2, -0.15) is 0 Å². The van der Waals surface area contributed by atoms with Crippen LogP contribution in [0.4, 0.5) is 0 Å². The molecule has 0 aromatic heterocycles. The zero-order valence-electron chi connectivity index (χ0n) is 6.19. The highest BCUT2D eigenvalue weighted by atomic mass is 16.6. The minimum atomic E-state index is -1.57. The zero-order chi connectivity index (χ0) is 9.35. The second-order valence-corrected chi connectivity index (χ2v) is 2.61. The Morgan fingerprint density at radius 3 is 2.08 bits per heavy atom. The van der Waals surface area contributed by atoms with Crippen LogP contribution in [-0.2, 0) is 14.4 Å². The van der Waals surface area contributed by atoms with Crippen molar-refractivity contribution in [3.8, 4) is 0 Å². The molecule has 1 fully saturated rings. The smallest absolute Gasteiger partial charge is 0.363 e. The van der Waals surface area contributed by atoms with Crippen molar-refractivity contribution >= 4 is 17.8 Å². The minimum absolute atomic E-state index is 0.0807. The minimum Gasteiger partial charge on any atom is -0.477 e.